The highest BCUT2D eigenvalue weighted by molar-refractivity contribution is 5.81. The van der Waals surface area contributed by atoms with Crippen LogP contribution in [0, 0.1) is 5.92 Å². The molecule has 1 unspecified atom stereocenters. The van der Waals surface area contributed by atoms with Crippen molar-refractivity contribution in [3.05, 3.63) is 24.0 Å². The smallest absolute Gasteiger partial charge is 0.303 e. The maximum atomic E-state index is 11.8. The highest BCUT2D eigenvalue weighted by atomic mass is 16.4. The summed E-state index contributed by atoms with van der Waals surface area (Å²) in [6.07, 6.45) is 10.4. The molecular formula is C15H23NO4. The van der Waals surface area contributed by atoms with Gasteiger partial charge in [0.1, 0.15) is 5.76 Å². The average molecular weight is 281 g/mol. The van der Waals surface area contributed by atoms with Crippen LogP contribution in [0.15, 0.2) is 24.0 Å². The predicted octanol–water partition coefficient (Wildman–Crippen LogP) is 2.55. The van der Waals surface area contributed by atoms with Gasteiger partial charge in [0.25, 0.3) is 0 Å². The van der Waals surface area contributed by atoms with Crippen molar-refractivity contribution in [3.63, 3.8) is 0 Å². The second kappa shape index (κ2) is 9.18. The molecule has 1 aliphatic carbocycles. The number of aliphatic hydroxyl groups is 1. The lowest BCUT2D eigenvalue weighted by molar-refractivity contribution is -0.137. The van der Waals surface area contributed by atoms with Gasteiger partial charge in [0, 0.05) is 13.0 Å². The lowest BCUT2D eigenvalue weighted by Gasteiger charge is -2.16. The molecule has 0 spiro atoms. The molecule has 1 rings (SSSR count). The fraction of sp³-hybridized carbons (Fsp3) is 0.600. The van der Waals surface area contributed by atoms with Crippen LogP contribution in [0.25, 0.3) is 0 Å². The Bertz CT molecular complexity index is 387. The van der Waals surface area contributed by atoms with Gasteiger partial charge in [-0.05, 0) is 25.3 Å². The average Bonchev–Trinajstić information content (AvgIpc) is 2.41. The van der Waals surface area contributed by atoms with Crippen molar-refractivity contribution in [1.82, 2.24) is 5.32 Å². The third-order valence-corrected chi connectivity index (χ3v) is 3.32. The third-order valence-electron chi connectivity index (χ3n) is 3.32. The molecule has 5 heteroatoms. The Morgan fingerprint density at radius 3 is 2.60 bits per heavy atom. The summed E-state index contributed by atoms with van der Waals surface area (Å²) in [5.74, 6) is -1.20. The topological polar surface area (TPSA) is 86.6 Å². The van der Waals surface area contributed by atoms with Crippen LogP contribution in [0.1, 0.15) is 44.9 Å². The Balaban J connectivity index is 2.01. The van der Waals surface area contributed by atoms with Crippen LogP contribution in [0.5, 0.6) is 0 Å². The summed E-state index contributed by atoms with van der Waals surface area (Å²) in [5.41, 5.74) is 0. The number of allylic oxidation sites excluding steroid dienone is 3. The predicted molar refractivity (Wildman–Crippen MR) is 76.3 cm³/mol. The molecule has 1 atom stereocenters. The molecule has 5 nitrogen and oxygen atoms in total. The number of aliphatic hydroxyl groups excluding tert-OH is 1. The number of aliphatic carboxylic acids is 1. The Hall–Kier alpha value is -1.78. The summed E-state index contributed by atoms with van der Waals surface area (Å²) < 4.78 is 0. The second-order valence-electron chi connectivity index (χ2n) is 5.01. The van der Waals surface area contributed by atoms with Gasteiger partial charge in [-0.25, -0.2) is 0 Å². The summed E-state index contributed by atoms with van der Waals surface area (Å²) in [7, 11) is 0. The van der Waals surface area contributed by atoms with E-state index in [1.807, 2.05) is 6.08 Å². The minimum Gasteiger partial charge on any atom is -0.511 e. The van der Waals surface area contributed by atoms with Crippen molar-refractivity contribution in [3.8, 4) is 0 Å². The first-order valence-corrected chi connectivity index (χ1v) is 7.16. The molecule has 0 fully saturated rings. The number of nitrogens with one attached hydrogen (secondary N) is 1. The number of carboxylic acid groups (broad SMARTS) is 1. The molecular weight excluding hydrogens is 258 g/mol. The summed E-state index contributed by atoms with van der Waals surface area (Å²) in [6.45, 7) is 0.602. The minimum atomic E-state index is -0.744. The second-order valence-corrected chi connectivity index (χ2v) is 5.01. The van der Waals surface area contributed by atoms with Gasteiger partial charge >= 0.3 is 5.97 Å². The monoisotopic (exact) mass is 281 g/mol. The van der Waals surface area contributed by atoms with E-state index in [-0.39, 0.29) is 18.1 Å². The molecule has 0 saturated heterocycles. The largest absolute Gasteiger partial charge is 0.511 e. The summed E-state index contributed by atoms with van der Waals surface area (Å²) in [6, 6.07) is 0. The van der Waals surface area contributed by atoms with E-state index in [4.69, 9.17) is 5.11 Å². The number of carboxylic acids is 1. The summed E-state index contributed by atoms with van der Waals surface area (Å²) >= 11 is 0. The number of hydrogen-bond donors (Lipinski definition) is 3. The zero-order valence-electron chi connectivity index (χ0n) is 11.7. The Kier molecular flexibility index (Phi) is 7.47. The number of carbonyl (C=O) groups excluding carboxylic acids is 1. The summed E-state index contributed by atoms with van der Waals surface area (Å²) in [4.78, 5) is 22.1. The first-order valence-electron chi connectivity index (χ1n) is 7.16. The van der Waals surface area contributed by atoms with E-state index in [9.17, 15) is 14.7 Å². The normalized spacial score (nSPS) is 17.6. The molecule has 0 heterocycles. The van der Waals surface area contributed by atoms with Crippen molar-refractivity contribution in [1.29, 1.82) is 0 Å². The van der Waals surface area contributed by atoms with Gasteiger partial charge in [0.05, 0.1) is 5.92 Å². The van der Waals surface area contributed by atoms with E-state index in [2.05, 4.69) is 5.32 Å². The quantitative estimate of drug-likeness (QED) is 0.567. The van der Waals surface area contributed by atoms with Crippen molar-refractivity contribution in [2.24, 2.45) is 5.92 Å². The van der Waals surface area contributed by atoms with Crippen LogP contribution in [0.4, 0.5) is 0 Å². The van der Waals surface area contributed by atoms with E-state index >= 15 is 0 Å². The molecule has 0 aliphatic heterocycles. The molecule has 112 valence electrons. The van der Waals surface area contributed by atoms with Crippen LogP contribution in [-0.2, 0) is 9.59 Å². The maximum absolute atomic E-state index is 11.8. The number of carbonyl (C=O) groups is 2. The van der Waals surface area contributed by atoms with Crippen molar-refractivity contribution in [2.75, 3.05) is 6.54 Å². The molecule has 0 saturated carbocycles. The first kappa shape index (κ1) is 16.3. The van der Waals surface area contributed by atoms with Gasteiger partial charge in [-0.1, -0.05) is 31.4 Å². The van der Waals surface area contributed by atoms with E-state index in [0.717, 1.165) is 32.1 Å². The zero-order valence-corrected chi connectivity index (χ0v) is 11.7. The molecule has 0 aromatic carbocycles. The lowest BCUT2D eigenvalue weighted by Crippen LogP contribution is -2.32. The van der Waals surface area contributed by atoms with Gasteiger partial charge in [-0.2, -0.15) is 0 Å². The van der Waals surface area contributed by atoms with E-state index in [1.165, 1.54) is 0 Å². The SMILES string of the molecule is O=C(O)CCCCCCCNC(=O)C1CC=CC=C1O. The van der Waals surface area contributed by atoms with Crippen LogP contribution in [0.2, 0.25) is 0 Å². The van der Waals surface area contributed by atoms with Gasteiger partial charge in [-0.3, -0.25) is 9.59 Å². The Morgan fingerprint density at radius 2 is 1.90 bits per heavy atom. The number of rotatable bonds is 9. The number of unbranched alkanes of at least 4 members (excludes halogenated alkanes) is 4. The molecule has 0 aromatic rings. The fourth-order valence-corrected chi connectivity index (χ4v) is 2.13. The van der Waals surface area contributed by atoms with Crippen LogP contribution < -0.4 is 5.32 Å². The first-order chi connectivity index (χ1) is 9.61. The van der Waals surface area contributed by atoms with Crippen LogP contribution >= 0.6 is 0 Å². The molecule has 1 amide bonds. The molecule has 3 N–H and O–H groups in total. The highest BCUT2D eigenvalue weighted by Crippen LogP contribution is 2.18. The molecule has 0 radical (unpaired) electrons. The molecule has 20 heavy (non-hydrogen) atoms. The number of hydrogen-bond acceptors (Lipinski definition) is 3. The minimum absolute atomic E-state index is 0.124. The van der Waals surface area contributed by atoms with Crippen molar-refractivity contribution < 1.29 is 19.8 Å². The zero-order chi connectivity index (χ0) is 14.8. The summed E-state index contributed by atoms with van der Waals surface area (Å²) in [5, 5.41) is 20.9. The van der Waals surface area contributed by atoms with E-state index < -0.39 is 11.9 Å². The third kappa shape index (κ3) is 6.41. The maximum Gasteiger partial charge on any atom is 0.303 e. The van der Waals surface area contributed by atoms with Crippen LogP contribution in [-0.4, -0.2) is 28.6 Å². The lowest BCUT2D eigenvalue weighted by atomic mass is 9.98. The molecule has 0 aromatic heterocycles. The van der Waals surface area contributed by atoms with Gasteiger partial charge < -0.3 is 15.5 Å². The van der Waals surface area contributed by atoms with E-state index in [0.29, 0.717) is 13.0 Å². The fourth-order valence-electron chi connectivity index (χ4n) is 2.13. The van der Waals surface area contributed by atoms with Gasteiger partial charge in [0.2, 0.25) is 5.91 Å². The van der Waals surface area contributed by atoms with Crippen molar-refractivity contribution in [2.45, 2.75) is 44.9 Å². The Labute approximate surface area is 119 Å². The standard InChI is InChI=1S/C15H23NO4/c17-13-9-6-5-8-12(13)15(20)16-11-7-3-1-2-4-10-14(18)19/h5-6,9,12,17H,1-4,7-8,10-11H2,(H,16,20)(H,18,19). The van der Waals surface area contributed by atoms with Gasteiger partial charge in [-0.15, -0.1) is 0 Å². The molecule has 0 bridgehead atoms. The van der Waals surface area contributed by atoms with E-state index in [1.54, 1.807) is 12.2 Å². The number of amides is 1. The van der Waals surface area contributed by atoms with Crippen LogP contribution in [0.3, 0.4) is 0 Å². The van der Waals surface area contributed by atoms with Crippen molar-refractivity contribution >= 4 is 11.9 Å². The van der Waals surface area contributed by atoms with Gasteiger partial charge in [0.15, 0.2) is 0 Å². The molecule has 1 aliphatic rings. The highest BCUT2D eigenvalue weighted by Gasteiger charge is 2.22. The Morgan fingerprint density at radius 1 is 1.20 bits per heavy atom.